The smallest absolute Gasteiger partial charge is 0.309 e. The van der Waals surface area contributed by atoms with Crippen molar-refractivity contribution >= 4 is 11.7 Å². The van der Waals surface area contributed by atoms with Gasteiger partial charge >= 0.3 is 5.97 Å². The van der Waals surface area contributed by atoms with Crippen LogP contribution in [0.3, 0.4) is 0 Å². The van der Waals surface area contributed by atoms with E-state index in [4.69, 9.17) is 15.2 Å². The van der Waals surface area contributed by atoms with Crippen LogP contribution in [-0.2, 0) is 23.0 Å². The molecule has 0 saturated heterocycles. The Kier molecular flexibility index (Phi) is 5.20. The minimum Gasteiger partial charge on any atom is -0.493 e. The SMILES string of the molecule is Cn1ccnc1CCOC(=O)CCOc1cccc(N)c1. The lowest BCUT2D eigenvalue weighted by Gasteiger charge is -2.07. The number of hydrogen-bond acceptors (Lipinski definition) is 5. The number of nitrogens with two attached hydrogens (primary N) is 1. The Hall–Kier alpha value is -2.50. The monoisotopic (exact) mass is 289 g/mol. The summed E-state index contributed by atoms with van der Waals surface area (Å²) in [7, 11) is 1.91. The predicted molar refractivity (Wildman–Crippen MR) is 78.8 cm³/mol. The Morgan fingerprint density at radius 3 is 2.95 bits per heavy atom. The molecule has 0 aliphatic rings. The number of carbonyl (C=O) groups excluding carboxylic acids is 1. The number of anilines is 1. The van der Waals surface area contributed by atoms with Gasteiger partial charge in [-0.3, -0.25) is 4.79 Å². The molecule has 0 saturated carbocycles. The summed E-state index contributed by atoms with van der Waals surface area (Å²) in [6.07, 6.45) is 4.38. The van der Waals surface area contributed by atoms with Gasteiger partial charge < -0.3 is 19.8 Å². The summed E-state index contributed by atoms with van der Waals surface area (Å²) in [4.78, 5) is 15.7. The van der Waals surface area contributed by atoms with Crippen LogP contribution < -0.4 is 10.5 Å². The molecule has 6 nitrogen and oxygen atoms in total. The highest BCUT2D eigenvalue weighted by atomic mass is 16.5. The van der Waals surface area contributed by atoms with E-state index in [-0.39, 0.29) is 19.0 Å². The number of aromatic nitrogens is 2. The van der Waals surface area contributed by atoms with Crippen molar-refractivity contribution in [2.45, 2.75) is 12.8 Å². The third-order valence-corrected chi connectivity index (χ3v) is 2.94. The lowest BCUT2D eigenvalue weighted by molar-refractivity contribution is -0.144. The molecule has 1 aromatic heterocycles. The van der Waals surface area contributed by atoms with Crippen LogP contribution in [0.25, 0.3) is 0 Å². The average molecular weight is 289 g/mol. The summed E-state index contributed by atoms with van der Waals surface area (Å²) in [5.41, 5.74) is 6.26. The molecule has 0 fully saturated rings. The van der Waals surface area contributed by atoms with Crippen LogP contribution in [0.1, 0.15) is 12.2 Å². The van der Waals surface area contributed by atoms with Crippen LogP contribution in [0.2, 0.25) is 0 Å². The number of carbonyl (C=O) groups is 1. The number of nitrogen functional groups attached to an aromatic ring is 1. The standard InChI is InChI=1S/C15H19N3O3/c1-18-8-7-17-14(18)5-9-21-15(19)6-10-20-13-4-2-3-12(16)11-13/h2-4,7-8,11H,5-6,9-10,16H2,1H3. The maximum absolute atomic E-state index is 11.6. The third kappa shape index (κ3) is 4.83. The van der Waals surface area contributed by atoms with Gasteiger partial charge in [0.15, 0.2) is 0 Å². The molecule has 0 bridgehead atoms. The van der Waals surface area contributed by atoms with E-state index in [2.05, 4.69) is 4.98 Å². The first-order chi connectivity index (χ1) is 10.1. The first-order valence-electron chi connectivity index (χ1n) is 6.75. The van der Waals surface area contributed by atoms with E-state index >= 15 is 0 Å². The molecule has 0 aliphatic carbocycles. The van der Waals surface area contributed by atoms with Gasteiger partial charge in [0.1, 0.15) is 11.6 Å². The minimum atomic E-state index is -0.284. The molecule has 0 radical (unpaired) electrons. The number of aryl methyl sites for hydroxylation is 1. The largest absolute Gasteiger partial charge is 0.493 e. The molecule has 21 heavy (non-hydrogen) atoms. The summed E-state index contributed by atoms with van der Waals surface area (Å²) in [5, 5.41) is 0. The van der Waals surface area contributed by atoms with Crippen molar-refractivity contribution < 1.29 is 14.3 Å². The molecule has 2 aromatic rings. The zero-order chi connectivity index (χ0) is 15.1. The number of imidazole rings is 1. The van der Waals surface area contributed by atoms with Gasteiger partial charge in [-0.1, -0.05) is 6.07 Å². The van der Waals surface area contributed by atoms with E-state index in [1.54, 1.807) is 30.5 Å². The van der Waals surface area contributed by atoms with Crippen LogP contribution in [0.4, 0.5) is 5.69 Å². The van der Waals surface area contributed by atoms with Crippen molar-refractivity contribution in [1.29, 1.82) is 0 Å². The van der Waals surface area contributed by atoms with Crippen LogP contribution >= 0.6 is 0 Å². The highest BCUT2D eigenvalue weighted by molar-refractivity contribution is 5.69. The number of esters is 1. The fraction of sp³-hybridized carbons (Fsp3) is 0.333. The van der Waals surface area contributed by atoms with Gasteiger partial charge in [0.25, 0.3) is 0 Å². The highest BCUT2D eigenvalue weighted by Crippen LogP contribution is 2.14. The molecule has 0 spiro atoms. The highest BCUT2D eigenvalue weighted by Gasteiger charge is 2.05. The van der Waals surface area contributed by atoms with Crippen molar-refractivity contribution in [2.75, 3.05) is 18.9 Å². The van der Waals surface area contributed by atoms with E-state index in [0.717, 1.165) is 5.82 Å². The summed E-state index contributed by atoms with van der Waals surface area (Å²) in [6, 6.07) is 7.09. The molecule has 6 heteroatoms. The second-order valence-corrected chi connectivity index (χ2v) is 4.60. The summed E-state index contributed by atoms with van der Waals surface area (Å²) in [6.45, 7) is 0.590. The molecular formula is C15H19N3O3. The van der Waals surface area contributed by atoms with E-state index < -0.39 is 0 Å². The van der Waals surface area contributed by atoms with Gasteiger partial charge in [-0.25, -0.2) is 4.98 Å². The lowest BCUT2D eigenvalue weighted by Crippen LogP contribution is -2.13. The van der Waals surface area contributed by atoms with Crippen LogP contribution in [0.15, 0.2) is 36.7 Å². The quantitative estimate of drug-likeness (QED) is 0.618. The topological polar surface area (TPSA) is 79.4 Å². The Bertz CT molecular complexity index is 595. The normalized spacial score (nSPS) is 10.3. The molecule has 1 heterocycles. The molecule has 0 atom stereocenters. The molecule has 0 unspecified atom stereocenters. The van der Waals surface area contributed by atoms with Gasteiger partial charge in [0, 0.05) is 37.6 Å². The maximum Gasteiger partial charge on any atom is 0.309 e. The van der Waals surface area contributed by atoms with Gasteiger partial charge in [0.05, 0.1) is 19.6 Å². The Morgan fingerprint density at radius 2 is 2.24 bits per heavy atom. The molecule has 2 N–H and O–H groups in total. The van der Waals surface area contributed by atoms with Crippen LogP contribution in [0, 0.1) is 0 Å². The van der Waals surface area contributed by atoms with Gasteiger partial charge in [-0.15, -0.1) is 0 Å². The van der Waals surface area contributed by atoms with Crippen molar-refractivity contribution in [2.24, 2.45) is 7.05 Å². The molecule has 112 valence electrons. The fourth-order valence-corrected chi connectivity index (χ4v) is 1.82. The van der Waals surface area contributed by atoms with Crippen LogP contribution in [-0.4, -0.2) is 28.7 Å². The molecule has 2 rings (SSSR count). The summed E-state index contributed by atoms with van der Waals surface area (Å²) < 4.78 is 12.5. The van der Waals surface area contributed by atoms with Crippen LogP contribution in [0.5, 0.6) is 5.75 Å². The second kappa shape index (κ2) is 7.33. The number of benzene rings is 1. The predicted octanol–water partition coefficient (Wildman–Crippen LogP) is 1.56. The Morgan fingerprint density at radius 1 is 1.38 bits per heavy atom. The number of rotatable bonds is 7. The van der Waals surface area contributed by atoms with Gasteiger partial charge in [-0.05, 0) is 12.1 Å². The van der Waals surface area contributed by atoms with Crippen molar-refractivity contribution in [3.8, 4) is 5.75 Å². The minimum absolute atomic E-state index is 0.204. The third-order valence-electron chi connectivity index (χ3n) is 2.94. The van der Waals surface area contributed by atoms with Crippen molar-refractivity contribution in [3.05, 3.63) is 42.5 Å². The number of ether oxygens (including phenoxy) is 2. The Labute approximate surface area is 123 Å². The zero-order valence-electron chi connectivity index (χ0n) is 12.0. The lowest BCUT2D eigenvalue weighted by atomic mass is 10.3. The Balaban J connectivity index is 1.63. The molecule has 1 aromatic carbocycles. The maximum atomic E-state index is 11.6. The first kappa shape index (κ1) is 14.9. The molecule has 0 aliphatic heterocycles. The average Bonchev–Trinajstić information content (AvgIpc) is 2.85. The fourth-order valence-electron chi connectivity index (χ4n) is 1.82. The van der Waals surface area contributed by atoms with Gasteiger partial charge in [-0.2, -0.15) is 0 Å². The summed E-state index contributed by atoms with van der Waals surface area (Å²) >= 11 is 0. The zero-order valence-corrected chi connectivity index (χ0v) is 12.0. The first-order valence-corrected chi connectivity index (χ1v) is 6.75. The number of hydrogen-bond donors (Lipinski definition) is 1. The van der Waals surface area contributed by atoms with Crippen molar-refractivity contribution in [3.63, 3.8) is 0 Å². The van der Waals surface area contributed by atoms with Crippen molar-refractivity contribution in [1.82, 2.24) is 9.55 Å². The second-order valence-electron chi connectivity index (χ2n) is 4.60. The van der Waals surface area contributed by atoms with Gasteiger partial charge in [0.2, 0.25) is 0 Å². The molecular weight excluding hydrogens is 270 g/mol. The van der Waals surface area contributed by atoms with E-state index in [0.29, 0.717) is 24.5 Å². The number of nitrogens with zero attached hydrogens (tertiary/aromatic N) is 2. The summed E-state index contributed by atoms with van der Waals surface area (Å²) in [5.74, 6) is 1.25. The van der Waals surface area contributed by atoms with E-state index in [1.807, 2.05) is 17.8 Å². The van der Waals surface area contributed by atoms with E-state index in [9.17, 15) is 4.79 Å². The molecule has 0 amide bonds. The van der Waals surface area contributed by atoms with E-state index in [1.165, 1.54) is 0 Å².